The molecular formula is C15H22FNO2. The maximum absolute atomic E-state index is 12.3. The molecule has 2 rings (SSSR count). The topological polar surface area (TPSA) is 21.7 Å². The molecular weight excluding hydrogens is 245 g/mol. The summed E-state index contributed by atoms with van der Waals surface area (Å²) in [5.41, 5.74) is -0.193. The summed E-state index contributed by atoms with van der Waals surface area (Å²) in [6.07, 6.45) is 0. The number of hydrogen-bond acceptors (Lipinski definition) is 3. The van der Waals surface area contributed by atoms with E-state index in [0.717, 1.165) is 24.6 Å². The molecule has 1 aliphatic heterocycles. The van der Waals surface area contributed by atoms with Crippen LogP contribution in [-0.2, 0) is 0 Å². The molecule has 1 aliphatic rings. The van der Waals surface area contributed by atoms with Crippen LogP contribution in [0.15, 0.2) is 24.3 Å². The third kappa shape index (κ3) is 4.39. The summed E-state index contributed by atoms with van der Waals surface area (Å²) in [5.74, 6) is 1.84. The molecule has 0 spiro atoms. The number of halogens is 1. The Bertz CT molecular complexity index is 394. The highest BCUT2D eigenvalue weighted by atomic mass is 19.1. The molecule has 106 valence electrons. The molecule has 0 saturated carbocycles. The van der Waals surface area contributed by atoms with Gasteiger partial charge >= 0.3 is 0 Å². The molecule has 0 amide bonds. The van der Waals surface area contributed by atoms with Gasteiger partial charge < -0.3 is 9.47 Å². The van der Waals surface area contributed by atoms with Crippen LogP contribution < -0.4 is 9.47 Å². The van der Waals surface area contributed by atoms with Gasteiger partial charge in [0.05, 0.1) is 6.67 Å². The molecule has 1 aromatic carbocycles. The molecule has 1 heterocycles. The number of benzene rings is 1. The fourth-order valence-corrected chi connectivity index (χ4v) is 2.00. The third-order valence-electron chi connectivity index (χ3n) is 2.91. The number of nitrogens with zero attached hydrogens (tertiary/aromatic N) is 1. The summed E-state index contributed by atoms with van der Waals surface area (Å²) in [6, 6.07) is 7.60. The SMILES string of the molecule is CC(C)(C)Oc1ccc(OCN2CC(CF)C2)cc1. The Hall–Kier alpha value is -1.29. The lowest BCUT2D eigenvalue weighted by molar-refractivity contribution is 0.0154. The summed E-state index contributed by atoms with van der Waals surface area (Å²) in [6.45, 7) is 7.93. The van der Waals surface area contributed by atoms with E-state index in [9.17, 15) is 4.39 Å². The zero-order valence-electron chi connectivity index (χ0n) is 11.9. The lowest BCUT2D eigenvalue weighted by atomic mass is 10.0. The largest absolute Gasteiger partial charge is 0.488 e. The van der Waals surface area contributed by atoms with Crippen molar-refractivity contribution < 1.29 is 13.9 Å². The second kappa shape index (κ2) is 5.78. The first-order valence-electron chi connectivity index (χ1n) is 6.66. The van der Waals surface area contributed by atoms with Crippen molar-refractivity contribution in [3.8, 4) is 11.5 Å². The van der Waals surface area contributed by atoms with Crippen LogP contribution in [0.3, 0.4) is 0 Å². The highest BCUT2D eigenvalue weighted by Crippen LogP contribution is 2.22. The van der Waals surface area contributed by atoms with Crippen LogP contribution in [0.4, 0.5) is 4.39 Å². The Morgan fingerprint density at radius 2 is 1.74 bits per heavy atom. The van der Waals surface area contributed by atoms with Gasteiger partial charge in [-0.2, -0.15) is 0 Å². The van der Waals surface area contributed by atoms with Gasteiger partial charge in [0.1, 0.15) is 23.8 Å². The second-order valence-corrected chi connectivity index (χ2v) is 6.02. The fraction of sp³-hybridized carbons (Fsp3) is 0.600. The van der Waals surface area contributed by atoms with Crippen LogP contribution in [0.1, 0.15) is 20.8 Å². The molecule has 0 unspecified atom stereocenters. The Balaban J connectivity index is 1.76. The van der Waals surface area contributed by atoms with E-state index < -0.39 is 0 Å². The van der Waals surface area contributed by atoms with Crippen LogP contribution in [0.2, 0.25) is 0 Å². The van der Waals surface area contributed by atoms with Gasteiger partial charge in [0, 0.05) is 19.0 Å². The number of likely N-dealkylation sites (tertiary alicyclic amines) is 1. The lowest BCUT2D eigenvalue weighted by Gasteiger charge is -2.37. The van der Waals surface area contributed by atoms with E-state index in [1.807, 2.05) is 45.0 Å². The van der Waals surface area contributed by atoms with Gasteiger partial charge in [-0.1, -0.05) is 0 Å². The Morgan fingerprint density at radius 3 is 2.26 bits per heavy atom. The quantitative estimate of drug-likeness (QED) is 0.818. The summed E-state index contributed by atoms with van der Waals surface area (Å²) in [4.78, 5) is 2.09. The smallest absolute Gasteiger partial charge is 0.142 e. The van der Waals surface area contributed by atoms with E-state index in [-0.39, 0.29) is 18.2 Å². The number of rotatable bonds is 5. The first-order valence-corrected chi connectivity index (χ1v) is 6.66. The van der Waals surface area contributed by atoms with Crippen molar-refractivity contribution in [3.63, 3.8) is 0 Å². The highest BCUT2D eigenvalue weighted by Gasteiger charge is 2.26. The molecule has 0 aliphatic carbocycles. The maximum atomic E-state index is 12.3. The van der Waals surface area contributed by atoms with Crippen molar-refractivity contribution >= 4 is 0 Å². The van der Waals surface area contributed by atoms with E-state index in [0.29, 0.717) is 6.73 Å². The number of hydrogen-bond donors (Lipinski definition) is 0. The third-order valence-corrected chi connectivity index (χ3v) is 2.91. The first-order chi connectivity index (χ1) is 8.96. The molecule has 1 aromatic rings. The molecule has 0 N–H and O–H groups in total. The van der Waals surface area contributed by atoms with Crippen LogP contribution in [0.5, 0.6) is 11.5 Å². The Kier molecular flexibility index (Phi) is 4.30. The van der Waals surface area contributed by atoms with Gasteiger partial charge in [0.25, 0.3) is 0 Å². The number of ether oxygens (including phenoxy) is 2. The van der Waals surface area contributed by atoms with Crippen LogP contribution in [0.25, 0.3) is 0 Å². The average Bonchev–Trinajstić information content (AvgIpc) is 2.27. The van der Waals surface area contributed by atoms with E-state index in [2.05, 4.69) is 4.90 Å². The van der Waals surface area contributed by atoms with Crippen molar-refractivity contribution in [2.45, 2.75) is 26.4 Å². The van der Waals surface area contributed by atoms with Crippen LogP contribution >= 0.6 is 0 Å². The van der Waals surface area contributed by atoms with Crippen molar-refractivity contribution in [1.82, 2.24) is 4.90 Å². The van der Waals surface area contributed by atoms with Gasteiger partial charge in [0.2, 0.25) is 0 Å². The van der Waals surface area contributed by atoms with Crippen molar-refractivity contribution in [2.24, 2.45) is 5.92 Å². The monoisotopic (exact) mass is 267 g/mol. The fourth-order valence-electron chi connectivity index (χ4n) is 2.00. The van der Waals surface area contributed by atoms with Crippen molar-refractivity contribution in [3.05, 3.63) is 24.3 Å². The lowest BCUT2D eigenvalue weighted by Crippen LogP contribution is -2.49. The molecule has 0 atom stereocenters. The molecule has 0 bridgehead atoms. The molecule has 4 heteroatoms. The standard InChI is InChI=1S/C15H22FNO2/c1-15(2,3)19-14-6-4-13(5-7-14)18-11-17-9-12(8-16)10-17/h4-7,12H,8-11H2,1-3H3. The van der Waals surface area contributed by atoms with E-state index in [1.54, 1.807) is 0 Å². The normalized spacial score (nSPS) is 17.1. The van der Waals surface area contributed by atoms with Gasteiger partial charge in [-0.25, -0.2) is 0 Å². The Labute approximate surface area is 114 Å². The molecule has 0 aromatic heterocycles. The summed E-state index contributed by atoms with van der Waals surface area (Å²) >= 11 is 0. The molecule has 0 radical (unpaired) electrons. The van der Waals surface area contributed by atoms with E-state index >= 15 is 0 Å². The minimum absolute atomic E-state index is 0.193. The molecule has 1 fully saturated rings. The minimum atomic E-state index is -0.227. The highest BCUT2D eigenvalue weighted by molar-refractivity contribution is 5.31. The molecule has 1 saturated heterocycles. The minimum Gasteiger partial charge on any atom is -0.488 e. The summed E-state index contributed by atoms with van der Waals surface area (Å²) in [7, 11) is 0. The van der Waals surface area contributed by atoms with Crippen LogP contribution in [-0.4, -0.2) is 37.0 Å². The van der Waals surface area contributed by atoms with Gasteiger partial charge in [-0.15, -0.1) is 0 Å². The van der Waals surface area contributed by atoms with Crippen LogP contribution in [0, 0.1) is 5.92 Å². The summed E-state index contributed by atoms with van der Waals surface area (Å²) < 4.78 is 23.6. The number of alkyl halides is 1. The van der Waals surface area contributed by atoms with Gasteiger partial charge in [0.15, 0.2) is 0 Å². The molecule has 19 heavy (non-hydrogen) atoms. The predicted molar refractivity (Wildman–Crippen MR) is 73.4 cm³/mol. The maximum Gasteiger partial charge on any atom is 0.142 e. The molecule has 3 nitrogen and oxygen atoms in total. The van der Waals surface area contributed by atoms with E-state index in [1.165, 1.54) is 0 Å². The summed E-state index contributed by atoms with van der Waals surface area (Å²) in [5, 5.41) is 0. The van der Waals surface area contributed by atoms with Crippen molar-refractivity contribution in [1.29, 1.82) is 0 Å². The zero-order chi connectivity index (χ0) is 13.9. The second-order valence-electron chi connectivity index (χ2n) is 6.02. The van der Waals surface area contributed by atoms with E-state index in [4.69, 9.17) is 9.47 Å². The average molecular weight is 267 g/mol. The first kappa shape index (κ1) is 14.1. The predicted octanol–water partition coefficient (Wildman–Crippen LogP) is 3.10. The van der Waals surface area contributed by atoms with Gasteiger partial charge in [-0.3, -0.25) is 9.29 Å². The van der Waals surface area contributed by atoms with Gasteiger partial charge in [-0.05, 0) is 45.0 Å². The van der Waals surface area contributed by atoms with Crippen molar-refractivity contribution in [2.75, 3.05) is 26.5 Å². The zero-order valence-corrected chi connectivity index (χ0v) is 11.9. The Morgan fingerprint density at radius 1 is 1.16 bits per heavy atom.